The molecular formula is C23H18FNO2. The molecule has 134 valence electrons. The van der Waals surface area contributed by atoms with Crippen molar-refractivity contribution >= 4 is 17.2 Å². The lowest BCUT2D eigenvalue weighted by atomic mass is 9.71. The molecule has 0 amide bonds. The summed E-state index contributed by atoms with van der Waals surface area (Å²) < 4.78 is 14.9. The molecule has 0 aliphatic rings. The maximum atomic E-state index is 14.9. The Balaban J connectivity index is 2.12. The van der Waals surface area contributed by atoms with Gasteiger partial charge in [0.2, 0.25) is 0 Å². The number of para-hydroxylation sites is 1. The molecule has 4 aromatic rings. The van der Waals surface area contributed by atoms with E-state index >= 15 is 0 Å². The van der Waals surface area contributed by atoms with Gasteiger partial charge in [0, 0.05) is 22.2 Å². The zero-order valence-corrected chi connectivity index (χ0v) is 14.7. The summed E-state index contributed by atoms with van der Waals surface area (Å²) in [6.07, 6.45) is 0.773. The molecule has 0 aliphatic heterocycles. The Kier molecular flexibility index (Phi) is 4.04. The summed E-state index contributed by atoms with van der Waals surface area (Å²) >= 11 is 0. The maximum Gasteiger partial charge on any atom is 0.141 e. The second-order valence-corrected chi connectivity index (χ2v) is 6.62. The smallest absolute Gasteiger partial charge is 0.141 e. The number of carbonyl (C=O) groups is 1. The van der Waals surface area contributed by atoms with Gasteiger partial charge >= 0.3 is 0 Å². The van der Waals surface area contributed by atoms with Gasteiger partial charge in [-0.3, -0.25) is 0 Å². The van der Waals surface area contributed by atoms with Crippen LogP contribution in [0.5, 0.6) is 5.75 Å². The fourth-order valence-corrected chi connectivity index (χ4v) is 3.81. The predicted octanol–water partition coefficient (Wildman–Crippen LogP) is 4.85. The second kappa shape index (κ2) is 6.40. The van der Waals surface area contributed by atoms with E-state index in [0.717, 1.165) is 22.8 Å². The molecule has 0 aliphatic carbocycles. The summed E-state index contributed by atoms with van der Waals surface area (Å²) in [7, 11) is 0. The minimum atomic E-state index is -1.36. The van der Waals surface area contributed by atoms with Crippen LogP contribution < -0.4 is 0 Å². The van der Waals surface area contributed by atoms with Gasteiger partial charge in [0.25, 0.3) is 0 Å². The predicted molar refractivity (Wildman–Crippen MR) is 103 cm³/mol. The number of phenolic OH excluding ortho intramolecular Hbond substituents is 1. The van der Waals surface area contributed by atoms with E-state index in [4.69, 9.17) is 0 Å². The molecule has 0 unspecified atom stereocenters. The molecule has 1 atom stereocenters. The second-order valence-electron chi connectivity index (χ2n) is 6.62. The molecule has 0 saturated carbocycles. The molecule has 3 aromatic carbocycles. The van der Waals surface area contributed by atoms with E-state index in [1.165, 1.54) is 18.2 Å². The standard InChI is InChI=1S/C23H18FNO2/c1-15-18-6-2-5-9-21(18)25-22(15)23(14-26,16-10-12-17(27)13-11-16)19-7-3-4-8-20(19)24/h2-14,25,27H,1H3/t23-/m0/s1. The van der Waals surface area contributed by atoms with Crippen LogP contribution in [0.4, 0.5) is 4.39 Å². The van der Waals surface area contributed by atoms with Crippen molar-refractivity contribution < 1.29 is 14.3 Å². The third-order valence-corrected chi connectivity index (χ3v) is 5.16. The molecule has 0 spiro atoms. The number of aromatic amines is 1. The third-order valence-electron chi connectivity index (χ3n) is 5.16. The van der Waals surface area contributed by atoms with E-state index in [-0.39, 0.29) is 11.3 Å². The number of nitrogens with one attached hydrogen (secondary N) is 1. The average molecular weight is 359 g/mol. The van der Waals surface area contributed by atoms with Gasteiger partial charge in [0.15, 0.2) is 0 Å². The van der Waals surface area contributed by atoms with Gasteiger partial charge in [0.05, 0.1) is 0 Å². The summed E-state index contributed by atoms with van der Waals surface area (Å²) in [6, 6.07) is 20.4. The van der Waals surface area contributed by atoms with Crippen LogP contribution in [0, 0.1) is 12.7 Å². The first kappa shape index (κ1) is 17.0. The number of carbonyl (C=O) groups excluding carboxylic acids is 1. The quantitative estimate of drug-likeness (QED) is 0.512. The number of fused-ring (bicyclic) bond motifs is 1. The summed E-state index contributed by atoms with van der Waals surface area (Å²) in [5.74, 6) is -0.379. The number of aldehydes is 1. The highest BCUT2D eigenvalue weighted by atomic mass is 19.1. The van der Waals surface area contributed by atoms with Crippen LogP contribution in [0.1, 0.15) is 22.4 Å². The Bertz CT molecular complexity index is 1130. The molecule has 4 rings (SSSR count). The first-order chi connectivity index (χ1) is 13.1. The van der Waals surface area contributed by atoms with E-state index in [9.17, 15) is 14.3 Å². The Morgan fingerprint density at radius 3 is 2.30 bits per heavy atom. The maximum absolute atomic E-state index is 14.9. The van der Waals surface area contributed by atoms with Crippen LogP contribution in [0.25, 0.3) is 10.9 Å². The monoisotopic (exact) mass is 359 g/mol. The van der Waals surface area contributed by atoms with Crippen LogP contribution in [-0.2, 0) is 10.2 Å². The Morgan fingerprint density at radius 2 is 1.63 bits per heavy atom. The number of aromatic nitrogens is 1. The molecule has 0 radical (unpaired) electrons. The number of benzene rings is 3. The van der Waals surface area contributed by atoms with E-state index in [0.29, 0.717) is 11.3 Å². The zero-order valence-electron chi connectivity index (χ0n) is 14.7. The van der Waals surface area contributed by atoms with Crippen LogP contribution in [0.15, 0.2) is 72.8 Å². The summed E-state index contributed by atoms with van der Waals surface area (Å²) in [5.41, 5.74) is 1.87. The number of phenols is 1. The van der Waals surface area contributed by atoms with Crippen molar-refractivity contribution in [2.24, 2.45) is 0 Å². The molecule has 4 heteroatoms. The van der Waals surface area contributed by atoms with Crippen molar-refractivity contribution in [3.63, 3.8) is 0 Å². The molecule has 0 fully saturated rings. The number of hydrogen-bond acceptors (Lipinski definition) is 2. The number of halogens is 1. The Hall–Kier alpha value is -3.40. The first-order valence-corrected chi connectivity index (χ1v) is 8.66. The van der Waals surface area contributed by atoms with E-state index < -0.39 is 11.2 Å². The van der Waals surface area contributed by atoms with Crippen molar-refractivity contribution in [3.05, 3.63) is 101 Å². The molecule has 1 heterocycles. The topological polar surface area (TPSA) is 53.1 Å². The van der Waals surface area contributed by atoms with E-state index in [2.05, 4.69) is 4.98 Å². The van der Waals surface area contributed by atoms with Gasteiger partial charge in [-0.15, -0.1) is 0 Å². The van der Waals surface area contributed by atoms with Crippen molar-refractivity contribution in [1.82, 2.24) is 4.98 Å². The van der Waals surface area contributed by atoms with Gasteiger partial charge in [0.1, 0.15) is 23.3 Å². The van der Waals surface area contributed by atoms with Crippen LogP contribution in [0.3, 0.4) is 0 Å². The summed E-state index contributed by atoms with van der Waals surface area (Å²) in [5, 5.41) is 10.7. The largest absolute Gasteiger partial charge is 0.508 e. The number of aromatic hydroxyl groups is 1. The number of hydrogen-bond donors (Lipinski definition) is 2. The van der Waals surface area contributed by atoms with Crippen LogP contribution >= 0.6 is 0 Å². The van der Waals surface area contributed by atoms with Crippen molar-refractivity contribution in [1.29, 1.82) is 0 Å². The summed E-state index contributed by atoms with van der Waals surface area (Å²) in [4.78, 5) is 16.0. The first-order valence-electron chi connectivity index (χ1n) is 8.66. The van der Waals surface area contributed by atoms with Gasteiger partial charge in [-0.25, -0.2) is 4.39 Å². The normalized spacial score (nSPS) is 13.4. The summed E-state index contributed by atoms with van der Waals surface area (Å²) in [6.45, 7) is 1.92. The lowest BCUT2D eigenvalue weighted by molar-refractivity contribution is -0.110. The molecular weight excluding hydrogens is 341 g/mol. The fraction of sp³-hybridized carbons (Fsp3) is 0.0870. The lowest BCUT2D eigenvalue weighted by Crippen LogP contribution is -2.33. The highest BCUT2D eigenvalue weighted by Crippen LogP contribution is 2.42. The number of rotatable bonds is 4. The number of aryl methyl sites for hydroxylation is 1. The Morgan fingerprint density at radius 1 is 0.963 bits per heavy atom. The van der Waals surface area contributed by atoms with Crippen LogP contribution in [-0.4, -0.2) is 16.4 Å². The zero-order chi connectivity index (χ0) is 19.0. The van der Waals surface area contributed by atoms with E-state index in [1.807, 2.05) is 31.2 Å². The highest BCUT2D eigenvalue weighted by molar-refractivity contribution is 5.90. The SMILES string of the molecule is Cc1c([C@@](C=O)(c2ccc(O)cc2)c2ccccc2F)[nH]c2ccccc12. The third kappa shape index (κ3) is 2.53. The number of H-pyrrole nitrogens is 1. The van der Waals surface area contributed by atoms with Crippen molar-refractivity contribution in [3.8, 4) is 5.75 Å². The van der Waals surface area contributed by atoms with Crippen molar-refractivity contribution in [2.75, 3.05) is 0 Å². The molecule has 1 aromatic heterocycles. The molecule has 3 nitrogen and oxygen atoms in total. The van der Waals surface area contributed by atoms with Crippen molar-refractivity contribution in [2.45, 2.75) is 12.3 Å². The Labute approximate surface area is 156 Å². The fourth-order valence-electron chi connectivity index (χ4n) is 3.81. The van der Waals surface area contributed by atoms with E-state index in [1.54, 1.807) is 30.3 Å². The molecule has 27 heavy (non-hydrogen) atoms. The van der Waals surface area contributed by atoms with Gasteiger partial charge < -0.3 is 14.9 Å². The molecule has 0 saturated heterocycles. The molecule has 0 bridgehead atoms. The van der Waals surface area contributed by atoms with Crippen LogP contribution in [0.2, 0.25) is 0 Å². The highest BCUT2D eigenvalue weighted by Gasteiger charge is 2.41. The molecule has 2 N–H and O–H groups in total. The minimum Gasteiger partial charge on any atom is -0.508 e. The lowest BCUT2D eigenvalue weighted by Gasteiger charge is -2.30. The van der Waals surface area contributed by atoms with Gasteiger partial charge in [-0.05, 0) is 42.3 Å². The minimum absolute atomic E-state index is 0.0838. The average Bonchev–Trinajstić information content (AvgIpc) is 3.03. The van der Waals surface area contributed by atoms with Gasteiger partial charge in [-0.2, -0.15) is 0 Å². The van der Waals surface area contributed by atoms with Gasteiger partial charge in [-0.1, -0.05) is 48.5 Å².